The van der Waals surface area contributed by atoms with E-state index in [1.54, 1.807) is 49.7 Å². The number of carbonyl (C=O) groups excluding carboxylic acids is 4. The average molecular weight is 1310 g/mol. The third kappa shape index (κ3) is 16.1. The number of unbranched alkanes of at least 4 members (excludes halogenated alkanes) is 8. The maximum absolute atomic E-state index is 16.2. The Bertz CT molecular complexity index is 4020. The van der Waals surface area contributed by atoms with Gasteiger partial charge in [0, 0.05) is 102 Å². The normalized spacial score (nSPS) is 17.2. The second-order valence-electron chi connectivity index (χ2n) is 24.8. The summed E-state index contributed by atoms with van der Waals surface area (Å²) in [6.45, 7) is 14.3. The van der Waals surface area contributed by atoms with Gasteiger partial charge in [-0.3, -0.25) is 28.5 Å². The molecule has 2 aromatic heterocycles. The molecule has 22 heteroatoms. The lowest BCUT2D eigenvalue weighted by Gasteiger charge is -2.37. The Kier molecular flexibility index (Phi) is 22.6. The SMILES string of the molecule is C=CC(=O)Nc1cccc(-n2c(=O)cc(C)c3cnc(Nc4ccc(N5CCN(C(=O)CCCCCCCCCCCNC(=O)c6ccc(NC(=O)C7NC(CC(C)(C)C)C(C#N)(c8ccc(Cl)cc8F)C7c7cccc(Cl)c7F)c(OC)c6)CC5)cc4OC)nc32)c1. The number of carbonyl (C=O) groups is 4. The second kappa shape index (κ2) is 30.7. The summed E-state index contributed by atoms with van der Waals surface area (Å²) in [6, 6.07) is 27.5. The number of hydrogen-bond donors (Lipinski definition) is 5. The Morgan fingerprint density at radius 3 is 2.19 bits per heavy atom. The van der Waals surface area contributed by atoms with Gasteiger partial charge in [0.25, 0.3) is 11.5 Å². The van der Waals surface area contributed by atoms with Gasteiger partial charge in [-0.1, -0.05) is 120 Å². The van der Waals surface area contributed by atoms with E-state index in [1.807, 2.05) is 50.8 Å². The Balaban J connectivity index is 0.680. The van der Waals surface area contributed by atoms with Crippen LogP contribution in [0.2, 0.25) is 10.0 Å². The van der Waals surface area contributed by atoms with Gasteiger partial charge < -0.3 is 45.9 Å². The van der Waals surface area contributed by atoms with Crippen molar-refractivity contribution in [1.29, 1.82) is 5.26 Å². The molecule has 4 atom stereocenters. The number of pyridine rings is 1. The van der Waals surface area contributed by atoms with Crippen LogP contribution in [0.4, 0.5) is 37.5 Å². The monoisotopic (exact) mass is 1310 g/mol. The number of amides is 4. The fraction of sp³-hybridized carbons (Fsp3) is 0.380. The largest absolute Gasteiger partial charge is 0.495 e. The van der Waals surface area contributed by atoms with Crippen LogP contribution in [-0.4, -0.2) is 102 Å². The van der Waals surface area contributed by atoms with Gasteiger partial charge in [-0.05, 0) is 116 Å². The van der Waals surface area contributed by atoms with E-state index in [1.165, 1.54) is 60.2 Å². The molecule has 2 aliphatic heterocycles. The zero-order valence-electron chi connectivity index (χ0n) is 53.3. The number of methoxy groups -OCH3 is 2. The maximum Gasteiger partial charge on any atom is 0.257 e. The van der Waals surface area contributed by atoms with Crippen LogP contribution in [0.3, 0.4) is 0 Å². The number of aromatic nitrogens is 3. The van der Waals surface area contributed by atoms with Crippen molar-refractivity contribution in [2.24, 2.45) is 5.41 Å². The summed E-state index contributed by atoms with van der Waals surface area (Å²) < 4.78 is 45.3. The minimum Gasteiger partial charge on any atom is -0.495 e. The van der Waals surface area contributed by atoms with Gasteiger partial charge in [0.15, 0.2) is 5.65 Å². The minimum absolute atomic E-state index is 0.0355. The molecule has 0 saturated carbocycles. The van der Waals surface area contributed by atoms with Crippen molar-refractivity contribution in [3.8, 4) is 23.3 Å². The number of piperazine rings is 1. The second-order valence-corrected chi connectivity index (χ2v) is 25.7. The van der Waals surface area contributed by atoms with Crippen LogP contribution < -0.4 is 46.5 Å². The molecule has 2 fully saturated rings. The van der Waals surface area contributed by atoms with Crippen molar-refractivity contribution in [2.45, 2.75) is 122 Å². The molecule has 4 unspecified atom stereocenters. The number of fused-ring (bicyclic) bond motifs is 1. The number of benzene rings is 5. The van der Waals surface area contributed by atoms with Gasteiger partial charge in [0.2, 0.25) is 23.7 Å². The number of ether oxygens (including phenoxy) is 2. The highest BCUT2D eigenvalue weighted by Crippen LogP contribution is 2.53. The molecule has 0 bridgehead atoms. The van der Waals surface area contributed by atoms with Crippen LogP contribution in [0, 0.1) is 35.3 Å². The Morgan fingerprint density at radius 2 is 1.51 bits per heavy atom. The first kappa shape index (κ1) is 68.5. The molecule has 93 heavy (non-hydrogen) atoms. The van der Waals surface area contributed by atoms with E-state index in [2.05, 4.69) is 49.1 Å². The summed E-state index contributed by atoms with van der Waals surface area (Å²) in [7, 11) is 3.00. The van der Waals surface area contributed by atoms with Gasteiger partial charge in [0.1, 0.15) is 28.5 Å². The lowest BCUT2D eigenvalue weighted by molar-refractivity contribution is -0.131. The molecule has 5 aromatic carbocycles. The summed E-state index contributed by atoms with van der Waals surface area (Å²) in [6.07, 6.45) is 12.6. The first-order valence-electron chi connectivity index (χ1n) is 31.4. The Labute approximate surface area is 551 Å². The number of hydrogen-bond acceptors (Lipinski definition) is 13. The van der Waals surface area contributed by atoms with Crippen LogP contribution in [0.15, 0.2) is 127 Å². The quantitative estimate of drug-likeness (QED) is 0.0252. The van der Waals surface area contributed by atoms with E-state index >= 15 is 8.78 Å². The predicted octanol–water partition coefficient (Wildman–Crippen LogP) is 13.5. The van der Waals surface area contributed by atoms with E-state index in [0.717, 1.165) is 75.1 Å². The molecule has 4 amide bonds. The number of halogens is 4. The van der Waals surface area contributed by atoms with Crippen LogP contribution in [0.25, 0.3) is 16.7 Å². The molecule has 2 aliphatic rings. The maximum atomic E-state index is 16.2. The Hall–Kier alpha value is -8.90. The van der Waals surface area contributed by atoms with Crippen molar-refractivity contribution in [3.05, 3.63) is 176 Å². The summed E-state index contributed by atoms with van der Waals surface area (Å²) >= 11 is 12.5. The molecule has 9 rings (SSSR count). The zero-order valence-corrected chi connectivity index (χ0v) is 54.8. The van der Waals surface area contributed by atoms with Gasteiger partial charge in [0.05, 0.1) is 48.4 Å². The van der Waals surface area contributed by atoms with Gasteiger partial charge in [-0.15, -0.1) is 0 Å². The first-order chi connectivity index (χ1) is 44.7. The van der Waals surface area contributed by atoms with Crippen LogP contribution in [0.1, 0.15) is 124 Å². The number of rotatable bonds is 26. The number of anilines is 5. The standard InChI is InChI=1S/C71H79Cl2F2N11O7/c1-8-60(87)79-47-20-18-21-49(39-47)86-62(89)36-44(2)51-42-78-69(83-66(51)86)81-56-30-27-48(40-58(56)93-7)84-32-34-85(35-33-84)61(88)24-16-14-12-10-9-11-13-15-17-31-77-67(90)45-25-29-55(57(37-45)92-6)80-68(91)65-63(50-22-19-23-53(73)64(50)75)71(43-76,59(82-65)41-70(3,4)5)52-28-26-46(72)38-54(52)74/h8,18-23,25-30,36-40,42,59,63,65,82H,1,9-17,24,31-35,41H2,2-7H3,(H,77,90)(H,79,87)(H,80,91)(H,78,81,83). The highest BCUT2D eigenvalue weighted by atomic mass is 35.5. The van der Waals surface area contributed by atoms with Crippen molar-refractivity contribution in [3.63, 3.8) is 0 Å². The number of nitrogens with zero attached hydrogens (tertiary/aromatic N) is 6. The number of nitriles is 1. The van der Waals surface area contributed by atoms with Crippen molar-refractivity contribution < 1.29 is 37.4 Å². The van der Waals surface area contributed by atoms with Crippen LogP contribution in [0.5, 0.6) is 11.5 Å². The molecule has 5 N–H and O–H groups in total. The van der Waals surface area contributed by atoms with Gasteiger partial charge in [-0.25, -0.2) is 13.8 Å². The molecule has 0 spiro atoms. The van der Waals surface area contributed by atoms with Crippen molar-refractivity contribution >= 4 is 86.6 Å². The molecular weight excluding hydrogens is 1230 g/mol. The molecule has 18 nitrogen and oxygen atoms in total. The average Bonchev–Trinajstić information content (AvgIpc) is 1.59. The van der Waals surface area contributed by atoms with Crippen LogP contribution >= 0.6 is 23.2 Å². The van der Waals surface area contributed by atoms with E-state index in [4.69, 9.17) is 37.7 Å². The lowest BCUT2D eigenvalue weighted by Crippen LogP contribution is -2.48. The number of aryl methyl sites for hydroxylation is 1. The highest BCUT2D eigenvalue weighted by Gasteiger charge is 2.61. The summed E-state index contributed by atoms with van der Waals surface area (Å²) in [5.74, 6) is -3.00. The van der Waals surface area contributed by atoms with E-state index in [-0.39, 0.29) is 61.8 Å². The Morgan fingerprint density at radius 1 is 0.817 bits per heavy atom. The molecule has 7 aromatic rings. The highest BCUT2D eigenvalue weighted by molar-refractivity contribution is 6.31. The van der Waals surface area contributed by atoms with E-state index in [9.17, 15) is 29.2 Å². The van der Waals surface area contributed by atoms with E-state index in [0.29, 0.717) is 85.0 Å². The van der Waals surface area contributed by atoms with Crippen molar-refractivity contribution in [1.82, 2.24) is 30.1 Å². The van der Waals surface area contributed by atoms with Crippen molar-refractivity contribution in [2.75, 3.05) is 67.8 Å². The van der Waals surface area contributed by atoms with Gasteiger partial charge >= 0.3 is 0 Å². The van der Waals surface area contributed by atoms with Gasteiger partial charge in [-0.2, -0.15) is 10.2 Å². The third-order valence-corrected chi connectivity index (χ3v) is 17.8. The molecule has 0 aliphatic carbocycles. The fourth-order valence-corrected chi connectivity index (χ4v) is 12.9. The first-order valence-corrected chi connectivity index (χ1v) is 32.2. The molecule has 0 radical (unpaired) electrons. The fourth-order valence-electron chi connectivity index (χ4n) is 12.6. The summed E-state index contributed by atoms with van der Waals surface area (Å²) in [5, 5.41) is 27.0. The zero-order chi connectivity index (χ0) is 66.6. The topological polar surface area (TPSA) is 225 Å². The molecular formula is C71H79Cl2F2N11O7. The minimum atomic E-state index is -1.81. The third-order valence-electron chi connectivity index (χ3n) is 17.3. The number of nitrogens with one attached hydrogen (secondary N) is 5. The molecule has 488 valence electrons. The van der Waals surface area contributed by atoms with E-state index < -0.39 is 46.4 Å². The summed E-state index contributed by atoms with van der Waals surface area (Å²) in [5.41, 5.74) is 1.65. The van der Waals surface area contributed by atoms with Crippen LogP contribution in [-0.2, 0) is 19.8 Å². The lowest BCUT2D eigenvalue weighted by atomic mass is 9.62. The molecule has 2 saturated heterocycles. The summed E-state index contributed by atoms with van der Waals surface area (Å²) in [4.78, 5) is 80.2. The predicted molar refractivity (Wildman–Crippen MR) is 362 cm³/mol. The smallest absolute Gasteiger partial charge is 0.257 e. The molecule has 4 heterocycles.